The number of carbonyl (C=O) groups is 1. The van der Waals surface area contributed by atoms with E-state index >= 15 is 0 Å². The number of fused-ring (bicyclic) bond motifs is 1. The third kappa shape index (κ3) is 1.41. The molecule has 1 atom stereocenters. The van der Waals surface area contributed by atoms with Crippen molar-refractivity contribution < 1.29 is 9.53 Å². The van der Waals surface area contributed by atoms with E-state index in [2.05, 4.69) is 0 Å². The number of Topliss-reactive ketones (excluding diaryl/α,β-unsaturated/α-hetero) is 1. The first kappa shape index (κ1) is 9.25. The molecule has 0 spiro atoms. The summed E-state index contributed by atoms with van der Waals surface area (Å²) in [5, 5.41) is 0. The van der Waals surface area contributed by atoms with Crippen molar-refractivity contribution >= 4 is 5.78 Å². The molecule has 1 aliphatic heterocycles. The van der Waals surface area contributed by atoms with Crippen molar-refractivity contribution in [3.63, 3.8) is 0 Å². The summed E-state index contributed by atoms with van der Waals surface area (Å²) in [4.78, 5) is 11.7. The van der Waals surface area contributed by atoms with E-state index in [0.29, 0.717) is 6.42 Å². The van der Waals surface area contributed by atoms with Gasteiger partial charge in [0.2, 0.25) is 0 Å². The Kier molecular flexibility index (Phi) is 2.06. The molecule has 0 bridgehead atoms. The van der Waals surface area contributed by atoms with E-state index in [1.807, 2.05) is 32.9 Å². The van der Waals surface area contributed by atoms with Gasteiger partial charge in [-0.1, -0.05) is 6.07 Å². The lowest BCUT2D eigenvalue weighted by Gasteiger charge is -2.24. The molecule has 0 aliphatic carbocycles. The van der Waals surface area contributed by atoms with E-state index in [-0.39, 0.29) is 11.9 Å². The largest absolute Gasteiger partial charge is 0.489 e. The smallest absolute Gasteiger partial charge is 0.170 e. The van der Waals surface area contributed by atoms with Crippen LogP contribution in [-0.2, 0) is 0 Å². The van der Waals surface area contributed by atoms with Gasteiger partial charge in [0.05, 0.1) is 5.56 Å². The highest BCUT2D eigenvalue weighted by atomic mass is 16.5. The molecule has 0 fully saturated rings. The monoisotopic (exact) mass is 190 g/mol. The predicted molar refractivity (Wildman–Crippen MR) is 55.0 cm³/mol. The number of hydrogen-bond donors (Lipinski definition) is 0. The molecule has 1 aromatic carbocycles. The van der Waals surface area contributed by atoms with Crippen LogP contribution in [0.15, 0.2) is 12.1 Å². The van der Waals surface area contributed by atoms with Gasteiger partial charge in [0.15, 0.2) is 5.78 Å². The summed E-state index contributed by atoms with van der Waals surface area (Å²) in [6.07, 6.45) is 0.507. The topological polar surface area (TPSA) is 26.3 Å². The average Bonchev–Trinajstić information content (AvgIpc) is 1.99. The summed E-state index contributed by atoms with van der Waals surface area (Å²) < 4.78 is 5.64. The van der Waals surface area contributed by atoms with Crippen LogP contribution in [0.3, 0.4) is 0 Å². The summed E-state index contributed by atoms with van der Waals surface area (Å²) in [6, 6.07) is 3.96. The zero-order chi connectivity index (χ0) is 10.3. The highest BCUT2D eigenvalue weighted by Gasteiger charge is 2.25. The van der Waals surface area contributed by atoms with E-state index < -0.39 is 0 Å². The van der Waals surface area contributed by atoms with Gasteiger partial charge in [-0.2, -0.15) is 0 Å². The van der Waals surface area contributed by atoms with E-state index in [1.54, 1.807) is 0 Å². The van der Waals surface area contributed by atoms with Crippen LogP contribution in [-0.4, -0.2) is 11.9 Å². The van der Waals surface area contributed by atoms with Crippen molar-refractivity contribution in [2.75, 3.05) is 0 Å². The first-order valence-corrected chi connectivity index (χ1v) is 4.89. The molecule has 0 saturated carbocycles. The molecule has 0 saturated heterocycles. The fraction of sp³-hybridized carbons (Fsp3) is 0.417. The Balaban J connectivity index is 2.59. The minimum absolute atomic E-state index is 0.0104. The lowest BCUT2D eigenvalue weighted by molar-refractivity contribution is 0.0870. The van der Waals surface area contributed by atoms with Gasteiger partial charge in [-0.15, -0.1) is 0 Å². The molecule has 2 nitrogen and oxygen atoms in total. The summed E-state index contributed by atoms with van der Waals surface area (Å²) in [5.41, 5.74) is 2.94. The third-order valence-electron chi connectivity index (χ3n) is 2.52. The van der Waals surface area contributed by atoms with Gasteiger partial charge in [-0.3, -0.25) is 4.79 Å². The van der Waals surface area contributed by atoms with Crippen LogP contribution < -0.4 is 4.74 Å². The molecule has 1 heterocycles. The zero-order valence-corrected chi connectivity index (χ0v) is 8.76. The second-order valence-electron chi connectivity index (χ2n) is 4.01. The highest BCUT2D eigenvalue weighted by Crippen LogP contribution is 2.31. The fourth-order valence-electron chi connectivity index (χ4n) is 2.00. The van der Waals surface area contributed by atoms with E-state index in [1.165, 1.54) is 0 Å². The Bertz CT molecular complexity index is 394. The minimum atomic E-state index is 0.0104. The van der Waals surface area contributed by atoms with Crippen molar-refractivity contribution in [1.82, 2.24) is 0 Å². The number of ketones is 1. The summed E-state index contributed by atoms with van der Waals surface area (Å²) in [6.45, 7) is 5.90. The Morgan fingerprint density at radius 1 is 1.36 bits per heavy atom. The zero-order valence-electron chi connectivity index (χ0n) is 8.76. The number of ether oxygens (including phenoxy) is 1. The first-order valence-electron chi connectivity index (χ1n) is 4.89. The Labute approximate surface area is 83.9 Å². The van der Waals surface area contributed by atoms with Gasteiger partial charge in [0, 0.05) is 6.42 Å². The molecule has 14 heavy (non-hydrogen) atoms. The van der Waals surface area contributed by atoms with Gasteiger partial charge in [0.25, 0.3) is 0 Å². The molecule has 0 aromatic heterocycles. The molecule has 0 amide bonds. The molecule has 0 unspecified atom stereocenters. The molecular weight excluding hydrogens is 176 g/mol. The third-order valence-corrected chi connectivity index (χ3v) is 2.52. The van der Waals surface area contributed by atoms with Gasteiger partial charge in [-0.25, -0.2) is 0 Å². The van der Waals surface area contributed by atoms with Crippen molar-refractivity contribution in [3.05, 3.63) is 28.8 Å². The molecule has 2 heteroatoms. The number of aryl methyl sites for hydroxylation is 2. The van der Waals surface area contributed by atoms with Gasteiger partial charge < -0.3 is 4.74 Å². The number of rotatable bonds is 0. The van der Waals surface area contributed by atoms with E-state index in [0.717, 1.165) is 22.4 Å². The van der Waals surface area contributed by atoms with Crippen molar-refractivity contribution in [1.29, 1.82) is 0 Å². The van der Waals surface area contributed by atoms with E-state index in [9.17, 15) is 4.79 Å². The van der Waals surface area contributed by atoms with Crippen LogP contribution in [0.5, 0.6) is 5.75 Å². The van der Waals surface area contributed by atoms with Crippen molar-refractivity contribution in [3.8, 4) is 5.75 Å². The van der Waals surface area contributed by atoms with Crippen LogP contribution in [0.25, 0.3) is 0 Å². The standard InChI is InChI=1S/C12H14O2/c1-7-4-8(2)12-10(13)6-9(3)14-11(12)5-7/h4-5,9H,6H2,1-3H3/t9-/m0/s1. The fourth-order valence-corrected chi connectivity index (χ4v) is 2.00. The molecule has 1 aromatic rings. The van der Waals surface area contributed by atoms with Crippen LogP contribution in [0.1, 0.15) is 34.8 Å². The maximum atomic E-state index is 11.7. The lowest BCUT2D eigenvalue weighted by Crippen LogP contribution is -2.24. The number of carbonyl (C=O) groups excluding carboxylic acids is 1. The average molecular weight is 190 g/mol. The summed E-state index contributed by atoms with van der Waals surface area (Å²) in [5.74, 6) is 0.961. The van der Waals surface area contributed by atoms with Crippen molar-refractivity contribution in [2.24, 2.45) is 0 Å². The maximum absolute atomic E-state index is 11.7. The highest BCUT2D eigenvalue weighted by molar-refractivity contribution is 6.01. The van der Waals surface area contributed by atoms with Gasteiger partial charge in [0.1, 0.15) is 11.9 Å². The quantitative estimate of drug-likeness (QED) is 0.628. The Morgan fingerprint density at radius 2 is 2.07 bits per heavy atom. The van der Waals surface area contributed by atoms with Crippen LogP contribution in [0, 0.1) is 13.8 Å². The number of hydrogen-bond acceptors (Lipinski definition) is 2. The molecular formula is C12H14O2. The lowest BCUT2D eigenvalue weighted by atomic mass is 9.95. The second-order valence-corrected chi connectivity index (χ2v) is 4.01. The molecule has 1 aliphatic rings. The molecule has 0 N–H and O–H groups in total. The first-order chi connectivity index (χ1) is 6.58. The Morgan fingerprint density at radius 3 is 2.79 bits per heavy atom. The normalized spacial score (nSPS) is 20.2. The molecule has 74 valence electrons. The SMILES string of the molecule is Cc1cc(C)c2c(c1)O[C@@H](C)CC2=O. The van der Waals surface area contributed by atoms with Crippen LogP contribution in [0.4, 0.5) is 0 Å². The summed E-state index contributed by atoms with van der Waals surface area (Å²) >= 11 is 0. The number of benzene rings is 1. The van der Waals surface area contributed by atoms with Gasteiger partial charge in [-0.05, 0) is 38.0 Å². The molecule has 0 radical (unpaired) electrons. The van der Waals surface area contributed by atoms with E-state index in [4.69, 9.17) is 4.74 Å². The van der Waals surface area contributed by atoms with Crippen molar-refractivity contribution in [2.45, 2.75) is 33.3 Å². The summed E-state index contributed by atoms with van der Waals surface area (Å²) in [7, 11) is 0. The van der Waals surface area contributed by atoms with Crippen LogP contribution in [0.2, 0.25) is 0 Å². The minimum Gasteiger partial charge on any atom is -0.489 e. The predicted octanol–water partition coefficient (Wildman–Crippen LogP) is 2.66. The maximum Gasteiger partial charge on any atom is 0.170 e. The second kappa shape index (κ2) is 3.12. The molecule has 2 rings (SSSR count). The van der Waals surface area contributed by atoms with Crippen LogP contribution >= 0.6 is 0 Å². The Hall–Kier alpha value is -1.31. The van der Waals surface area contributed by atoms with Gasteiger partial charge >= 0.3 is 0 Å².